The second-order valence-corrected chi connectivity index (χ2v) is 6.39. The molecule has 3 aromatic rings. The fourth-order valence-electron chi connectivity index (χ4n) is 2.22. The lowest BCUT2D eigenvalue weighted by molar-refractivity contribution is 0.248. The summed E-state index contributed by atoms with van der Waals surface area (Å²) in [4.78, 5) is 15.1. The van der Waals surface area contributed by atoms with E-state index in [1.54, 1.807) is 11.8 Å². The third-order valence-electron chi connectivity index (χ3n) is 3.48. The molecule has 6 nitrogen and oxygen atoms in total. The second-order valence-electron chi connectivity index (χ2n) is 5.41. The van der Waals surface area contributed by atoms with Gasteiger partial charge in [0.1, 0.15) is 0 Å². The normalized spacial score (nSPS) is 10.6. The van der Waals surface area contributed by atoms with Crippen molar-refractivity contribution >= 4 is 17.8 Å². The molecule has 2 amide bonds. The lowest BCUT2D eigenvalue weighted by Gasteiger charge is -2.02. The third-order valence-corrected chi connectivity index (χ3v) is 4.48. The van der Waals surface area contributed by atoms with Crippen molar-refractivity contribution in [3.05, 3.63) is 71.5 Å². The highest BCUT2D eigenvalue weighted by atomic mass is 32.2. The highest BCUT2D eigenvalue weighted by Gasteiger charge is 2.09. The second kappa shape index (κ2) is 8.34. The molecule has 0 radical (unpaired) electrons. The van der Waals surface area contributed by atoms with Gasteiger partial charge in [-0.05, 0) is 23.3 Å². The summed E-state index contributed by atoms with van der Waals surface area (Å²) in [6.45, 7) is 0.390. The van der Waals surface area contributed by atoms with Crippen molar-refractivity contribution in [3.63, 3.8) is 0 Å². The van der Waals surface area contributed by atoms with Crippen LogP contribution in [0.3, 0.4) is 0 Å². The van der Waals surface area contributed by atoms with E-state index in [2.05, 4.69) is 27.6 Å². The average Bonchev–Trinajstić information content (AvgIpc) is 3.10. The highest BCUT2D eigenvalue weighted by Crippen LogP contribution is 2.21. The van der Waals surface area contributed by atoms with E-state index in [1.807, 2.05) is 42.5 Å². The van der Waals surface area contributed by atoms with Crippen LogP contribution in [-0.2, 0) is 18.1 Å². The molecule has 1 heterocycles. The van der Waals surface area contributed by atoms with E-state index in [0.29, 0.717) is 24.0 Å². The zero-order valence-electron chi connectivity index (χ0n) is 13.5. The van der Waals surface area contributed by atoms with Gasteiger partial charge in [-0.1, -0.05) is 47.6 Å². The smallest absolute Gasteiger partial charge is 0.312 e. The summed E-state index contributed by atoms with van der Waals surface area (Å²) in [6.07, 6.45) is 0. The molecule has 0 saturated carbocycles. The molecule has 0 fully saturated rings. The molecule has 25 heavy (non-hydrogen) atoms. The molecule has 0 aliphatic carbocycles. The fraction of sp³-hybridized carbons (Fsp3) is 0.167. The average molecular weight is 354 g/mol. The number of carbonyl (C=O) groups is 1. The van der Waals surface area contributed by atoms with Gasteiger partial charge >= 0.3 is 6.03 Å². The van der Waals surface area contributed by atoms with Gasteiger partial charge in [-0.15, -0.1) is 11.8 Å². The lowest BCUT2D eigenvalue weighted by atomic mass is 10.1. The largest absolute Gasteiger partial charge is 0.352 e. The number of nitrogens with two attached hydrogens (primary N) is 1. The van der Waals surface area contributed by atoms with Crippen LogP contribution in [0, 0.1) is 0 Å². The molecule has 0 aliphatic heterocycles. The number of nitrogens with one attached hydrogen (secondary N) is 1. The van der Waals surface area contributed by atoms with Crippen LogP contribution in [0.2, 0.25) is 0 Å². The molecule has 3 rings (SSSR count). The van der Waals surface area contributed by atoms with Crippen molar-refractivity contribution in [3.8, 4) is 11.5 Å². The van der Waals surface area contributed by atoms with E-state index in [-0.39, 0.29) is 0 Å². The van der Waals surface area contributed by atoms with E-state index < -0.39 is 6.03 Å². The third kappa shape index (κ3) is 5.09. The summed E-state index contributed by atoms with van der Waals surface area (Å²) >= 11 is 1.74. The number of benzene rings is 2. The molecular weight excluding hydrogens is 336 g/mol. The van der Waals surface area contributed by atoms with Crippen LogP contribution in [-0.4, -0.2) is 16.2 Å². The summed E-state index contributed by atoms with van der Waals surface area (Å²) < 4.78 is 5.33. The molecule has 0 aliphatic rings. The van der Waals surface area contributed by atoms with Crippen LogP contribution in [0.4, 0.5) is 4.79 Å². The summed E-state index contributed by atoms with van der Waals surface area (Å²) in [5, 5.41) is 6.57. The van der Waals surface area contributed by atoms with Gasteiger partial charge in [-0.25, -0.2) is 4.79 Å². The van der Waals surface area contributed by atoms with Gasteiger partial charge in [0.2, 0.25) is 0 Å². The fourth-order valence-corrected chi connectivity index (χ4v) is 3.05. The van der Waals surface area contributed by atoms with Gasteiger partial charge in [-0.3, -0.25) is 0 Å². The Morgan fingerprint density at radius 3 is 2.52 bits per heavy atom. The number of hydrogen-bond donors (Lipinski definition) is 2. The number of rotatable bonds is 7. The summed E-state index contributed by atoms with van der Waals surface area (Å²) in [5.74, 6) is 2.77. The van der Waals surface area contributed by atoms with E-state index >= 15 is 0 Å². The topological polar surface area (TPSA) is 94.0 Å². The number of urea groups is 1. The van der Waals surface area contributed by atoms with Crippen LogP contribution >= 0.6 is 11.8 Å². The first kappa shape index (κ1) is 17.0. The summed E-state index contributed by atoms with van der Waals surface area (Å²) in [6, 6.07) is 17.3. The monoisotopic (exact) mass is 354 g/mol. The van der Waals surface area contributed by atoms with E-state index in [9.17, 15) is 4.79 Å². The van der Waals surface area contributed by atoms with Crippen LogP contribution in [0.1, 0.15) is 17.0 Å². The van der Waals surface area contributed by atoms with Crippen molar-refractivity contribution in [2.75, 3.05) is 0 Å². The van der Waals surface area contributed by atoms with Gasteiger partial charge in [0, 0.05) is 17.9 Å². The summed E-state index contributed by atoms with van der Waals surface area (Å²) in [5.41, 5.74) is 8.12. The Balaban J connectivity index is 1.54. The molecule has 2 aromatic carbocycles. The molecule has 7 heteroatoms. The first-order valence-electron chi connectivity index (χ1n) is 7.77. The molecule has 0 saturated heterocycles. The molecular formula is C18H18N4O2S. The highest BCUT2D eigenvalue weighted by molar-refractivity contribution is 7.97. The molecule has 128 valence electrons. The number of nitrogens with zero attached hydrogens (tertiary/aromatic N) is 2. The molecule has 1 aromatic heterocycles. The Kier molecular flexibility index (Phi) is 5.69. The van der Waals surface area contributed by atoms with Gasteiger partial charge in [-0.2, -0.15) is 4.98 Å². The minimum absolute atomic E-state index is 0.390. The maximum atomic E-state index is 10.7. The number of carbonyl (C=O) groups excluding carboxylic acids is 1. The SMILES string of the molecule is NC(=O)NCc1ccc(-c2nc(CSCc3ccccc3)no2)cc1. The van der Waals surface area contributed by atoms with Crippen molar-refractivity contribution in [1.29, 1.82) is 0 Å². The maximum Gasteiger partial charge on any atom is 0.312 e. The van der Waals surface area contributed by atoms with Crippen molar-refractivity contribution in [1.82, 2.24) is 15.5 Å². The minimum Gasteiger partial charge on any atom is -0.352 e. The molecule has 0 bridgehead atoms. The zero-order valence-corrected chi connectivity index (χ0v) is 14.3. The number of aromatic nitrogens is 2. The summed E-state index contributed by atoms with van der Waals surface area (Å²) in [7, 11) is 0. The number of primary amides is 1. The standard InChI is InChI=1S/C18H18N4O2S/c19-18(23)20-10-13-6-8-15(9-7-13)17-21-16(22-24-17)12-25-11-14-4-2-1-3-5-14/h1-9H,10-12H2,(H3,19,20,23). The zero-order chi connectivity index (χ0) is 17.5. The van der Waals surface area contributed by atoms with Crippen molar-refractivity contribution in [2.24, 2.45) is 5.73 Å². The number of hydrogen-bond acceptors (Lipinski definition) is 5. The van der Waals surface area contributed by atoms with Crippen LogP contribution in [0.15, 0.2) is 59.1 Å². The predicted octanol–water partition coefficient (Wildman–Crippen LogP) is 3.34. The minimum atomic E-state index is -0.543. The van der Waals surface area contributed by atoms with E-state index in [4.69, 9.17) is 10.3 Å². The van der Waals surface area contributed by atoms with Crippen LogP contribution < -0.4 is 11.1 Å². The lowest BCUT2D eigenvalue weighted by Crippen LogP contribution is -2.28. The van der Waals surface area contributed by atoms with E-state index in [0.717, 1.165) is 16.9 Å². The molecule has 0 spiro atoms. The Morgan fingerprint density at radius 1 is 1.04 bits per heavy atom. The Morgan fingerprint density at radius 2 is 1.80 bits per heavy atom. The van der Waals surface area contributed by atoms with E-state index in [1.165, 1.54) is 5.56 Å². The maximum absolute atomic E-state index is 10.7. The molecule has 0 atom stereocenters. The predicted molar refractivity (Wildman–Crippen MR) is 97.6 cm³/mol. The molecule has 3 N–H and O–H groups in total. The Labute approximate surface area is 149 Å². The van der Waals surface area contributed by atoms with Crippen molar-refractivity contribution in [2.45, 2.75) is 18.1 Å². The van der Waals surface area contributed by atoms with Gasteiger partial charge in [0.15, 0.2) is 5.82 Å². The quantitative estimate of drug-likeness (QED) is 0.679. The molecule has 0 unspecified atom stereocenters. The Bertz CT molecular complexity index is 819. The van der Waals surface area contributed by atoms with Gasteiger partial charge < -0.3 is 15.6 Å². The number of amides is 2. The first-order valence-corrected chi connectivity index (χ1v) is 8.93. The first-order chi connectivity index (χ1) is 12.2. The van der Waals surface area contributed by atoms with Crippen LogP contribution in [0.25, 0.3) is 11.5 Å². The van der Waals surface area contributed by atoms with Crippen molar-refractivity contribution < 1.29 is 9.32 Å². The number of thioether (sulfide) groups is 1. The van der Waals surface area contributed by atoms with Gasteiger partial charge in [0.25, 0.3) is 5.89 Å². The van der Waals surface area contributed by atoms with Gasteiger partial charge in [0.05, 0.1) is 5.75 Å². The van der Waals surface area contributed by atoms with Crippen LogP contribution in [0.5, 0.6) is 0 Å². The Hall–Kier alpha value is -2.80.